The number of hydroxylamine groups is 2. The Morgan fingerprint density at radius 2 is 1.93 bits per heavy atom. The molecule has 238 valence electrons. The van der Waals surface area contributed by atoms with Gasteiger partial charge in [-0.25, -0.2) is 4.98 Å². The van der Waals surface area contributed by atoms with Crippen LogP contribution in [0.5, 0.6) is 5.75 Å². The highest BCUT2D eigenvalue weighted by atomic mass is 32.3. The molecule has 2 aromatic rings. The molecule has 0 unspecified atom stereocenters. The molecule has 2 aliphatic heterocycles. The van der Waals surface area contributed by atoms with Gasteiger partial charge in [0.1, 0.15) is 18.1 Å². The van der Waals surface area contributed by atoms with Gasteiger partial charge >= 0.3 is 10.4 Å². The average Bonchev–Trinajstić information content (AvgIpc) is 3.61. The zero-order chi connectivity index (χ0) is 32.2. The molecule has 17 heteroatoms. The molecule has 2 saturated heterocycles. The minimum atomic E-state index is -4.92. The van der Waals surface area contributed by atoms with Crippen LogP contribution in [0.25, 0.3) is 0 Å². The number of carbonyl (C=O) groups is 2. The van der Waals surface area contributed by atoms with Gasteiger partial charge in [0.15, 0.2) is 23.2 Å². The van der Waals surface area contributed by atoms with Crippen LogP contribution in [0, 0.1) is 22.7 Å². The second kappa shape index (κ2) is 13.4. The van der Waals surface area contributed by atoms with E-state index in [1.807, 2.05) is 17.0 Å². The number of likely N-dealkylation sites (tertiary alicyclic amines) is 1. The van der Waals surface area contributed by atoms with Gasteiger partial charge in [-0.2, -0.15) is 13.5 Å². The molecule has 0 saturated carbocycles. The Morgan fingerprint density at radius 3 is 2.50 bits per heavy atom. The van der Waals surface area contributed by atoms with E-state index in [1.54, 1.807) is 19.1 Å². The zero-order valence-electron chi connectivity index (χ0n) is 24.5. The maximum absolute atomic E-state index is 13.2. The van der Waals surface area contributed by atoms with E-state index in [2.05, 4.69) is 14.4 Å². The summed E-state index contributed by atoms with van der Waals surface area (Å²) in [6.45, 7) is 6.48. The molecule has 0 bridgehead atoms. The van der Waals surface area contributed by atoms with E-state index >= 15 is 0 Å². The number of β-lactam (4-membered cyclic amide) rings is 1. The third-order valence-electron chi connectivity index (χ3n) is 7.52. The summed E-state index contributed by atoms with van der Waals surface area (Å²) in [4.78, 5) is 37.1. The molecular formula is C27H35N7O8S2. The smallest absolute Gasteiger partial charge is 0.418 e. The number of oxime groups is 1. The summed E-state index contributed by atoms with van der Waals surface area (Å²) >= 11 is 1.09. The summed E-state index contributed by atoms with van der Waals surface area (Å²) in [6, 6.07) is 7.16. The summed E-state index contributed by atoms with van der Waals surface area (Å²) in [5.74, 6) is -0.871. The Bertz CT molecular complexity index is 1560. The van der Waals surface area contributed by atoms with Crippen molar-refractivity contribution in [3.8, 4) is 5.75 Å². The van der Waals surface area contributed by atoms with Crippen molar-refractivity contribution >= 4 is 55.8 Å². The number of nitrogen functional groups attached to an aromatic ring is 1. The number of benzene rings is 1. The second-order valence-corrected chi connectivity index (χ2v) is 12.9. The Labute approximate surface area is 258 Å². The van der Waals surface area contributed by atoms with Crippen LogP contribution in [-0.4, -0.2) is 88.7 Å². The van der Waals surface area contributed by atoms with Crippen LogP contribution in [0.3, 0.4) is 0 Å². The standard InChI is InChI=1S/C27H35N7O8S2/c1-16(28)33-9-8-17(14-33)12-21(29)18-4-6-19(7-5-18)40-10-11-41-32-24(22-15-43-26(30)31-22)23(35)13-20-25(36)34(27(20,2)3)42-44(37,38)39/h4-7,15,17,20,28-29H,8-14H2,1-3H3,(H2,30,31)(H,37,38,39)/b28-16?,29-21?,32-24-/t17-,20-/m1/s1. The number of thiazole rings is 1. The number of aromatic nitrogens is 1. The zero-order valence-corrected chi connectivity index (χ0v) is 26.1. The number of anilines is 1. The number of nitrogens with two attached hydrogens (primary N) is 1. The summed E-state index contributed by atoms with van der Waals surface area (Å²) in [7, 11) is -4.92. The van der Waals surface area contributed by atoms with Crippen LogP contribution in [0.1, 0.15) is 51.3 Å². The van der Waals surface area contributed by atoms with Crippen molar-refractivity contribution in [2.24, 2.45) is 17.0 Å². The van der Waals surface area contributed by atoms with Crippen LogP contribution >= 0.6 is 11.3 Å². The lowest BCUT2D eigenvalue weighted by Gasteiger charge is -2.50. The number of ketones is 1. The van der Waals surface area contributed by atoms with Crippen molar-refractivity contribution in [1.29, 1.82) is 10.8 Å². The Morgan fingerprint density at radius 1 is 1.23 bits per heavy atom. The van der Waals surface area contributed by atoms with Crippen molar-refractivity contribution < 1.29 is 36.4 Å². The predicted molar refractivity (Wildman–Crippen MR) is 162 cm³/mol. The number of hydrogen-bond donors (Lipinski definition) is 4. The molecule has 3 heterocycles. The van der Waals surface area contributed by atoms with Gasteiger partial charge in [-0.3, -0.25) is 19.6 Å². The SMILES string of the molecule is CC(=N)N1CC[C@H](CC(=N)c2ccc(OCCO/N=C(\C(=O)C[C@@H]3C(=O)N(OS(=O)(=O)O)C3(C)C)c3csc(N)n3)cc2)C1. The van der Waals surface area contributed by atoms with E-state index in [9.17, 15) is 18.0 Å². The van der Waals surface area contributed by atoms with Crippen molar-refractivity contribution in [3.63, 3.8) is 0 Å². The number of hydrogen-bond acceptors (Lipinski definition) is 13. The molecule has 15 nitrogen and oxygen atoms in total. The molecule has 1 amide bonds. The number of amidine groups is 1. The van der Waals surface area contributed by atoms with E-state index in [0.29, 0.717) is 34.7 Å². The summed E-state index contributed by atoms with van der Waals surface area (Å²) < 4.78 is 41.1. The van der Waals surface area contributed by atoms with Crippen LogP contribution in [0.15, 0.2) is 34.8 Å². The monoisotopic (exact) mass is 649 g/mol. The quantitative estimate of drug-likeness (QED) is 0.0581. The van der Waals surface area contributed by atoms with Crippen molar-refractivity contribution in [2.45, 2.75) is 45.6 Å². The lowest BCUT2D eigenvalue weighted by molar-refractivity contribution is -0.228. The maximum atomic E-state index is 13.2. The normalized spacial score (nSPS) is 19.9. The topological polar surface area (TPSA) is 222 Å². The first-order valence-corrected chi connectivity index (χ1v) is 16.0. The largest absolute Gasteiger partial charge is 0.490 e. The number of Topliss-reactive ketones (excluding diaryl/α,β-unsaturated/α-hetero) is 1. The number of ether oxygens (including phenoxy) is 1. The molecule has 2 fully saturated rings. The minimum absolute atomic E-state index is 0.0254. The van der Waals surface area contributed by atoms with Gasteiger partial charge in [-0.1, -0.05) is 5.16 Å². The highest BCUT2D eigenvalue weighted by Crippen LogP contribution is 2.40. The molecule has 0 aliphatic carbocycles. The van der Waals surface area contributed by atoms with Crippen LogP contribution in [0.2, 0.25) is 0 Å². The Kier molecular flexibility index (Phi) is 10.0. The van der Waals surface area contributed by atoms with E-state index in [4.69, 9.17) is 30.7 Å². The lowest BCUT2D eigenvalue weighted by Crippen LogP contribution is -2.68. The molecule has 2 aliphatic rings. The molecule has 4 rings (SSSR count). The van der Waals surface area contributed by atoms with E-state index < -0.39 is 33.5 Å². The average molecular weight is 650 g/mol. The molecule has 0 spiro atoms. The summed E-state index contributed by atoms with van der Waals surface area (Å²) in [5.41, 5.74) is 5.84. The molecular weight excluding hydrogens is 614 g/mol. The fourth-order valence-corrected chi connectivity index (χ4v) is 6.06. The van der Waals surface area contributed by atoms with E-state index in [0.717, 1.165) is 36.4 Å². The molecule has 1 aromatic heterocycles. The molecule has 2 atom stereocenters. The number of amides is 1. The Hall–Kier alpha value is -3.93. The first-order valence-electron chi connectivity index (χ1n) is 13.7. The highest BCUT2D eigenvalue weighted by molar-refractivity contribution is 7.80. The Balaban J connectivity index is 1.29. The van der Waals surface area contributed by atoms with Crippen molar-refractivity contribution in [1.82, 2.24) is 14.9 Å². The molecule has 5 N–H and O–H groups in total. The van der Waals surface area contributed by atoms with Gasteiger partial charge in [0.05, 0.1) is 17.3 Å². The van der Waals surface area contributed by atoms with Gasteiger partial charge in [0.2, 0.25) is 0 Å². The number of rotatable bonds is 14. The third-order valence-corrected chi connectivity index (χ3v) is 8.53. The minimum Gasteiger partial charge on any atom is -0.490 e. The van der Waals surface area contributed by atoms with Gasteiger partial charge in [0.25, 0.3) is 5.91 Å². The lowest BCUT2D eigenvalue weighted by atomic mass is 9.74. The summed E-state index contributed by atoms with van der Waals surface area (Å²) in [6.07, 6.45) is 1.26. The third kappa shape index (κ3) is 7.96. The van der Waals surface area contributed by atoms with E-state index in [1.165, 1.54) is 19.2 Å². The first-order chi connectivity index (χ1) is 20.7. The van der Waals surface area contributed by atoms with E-state index in [-0.39, 0.29) is 36.2 Å². The van der Waals surface area contributed by atoms with Gasteiger partial charge < -0.3 is 25.6 Å². The fraction of sp³-hybridized carbons (Fsp3) is 0.481. The molecule has 44 heavy (non-hydrogen) atoms. The molecule has 0 radical (unpaired) electrons. The fourth-order valence-electron chi connectivity index (χ4n) is 5.06. The molecule has 1 aromatic carbocycles. The van der Waals surface area contributed by atoms with Crippen LogP contribution < -0.4 is 10.5 Å². The maximum Gasteiger partial charge on any atom is 0.418 e. The first kappa shape index (κ1) is 33.0. The van der Waals surface area contributed by atoms with Gasteiger partial charge in [-0.15, -0.1) is 15.6 Å². The van der Waals surface area contributed by atoms with Gasteiger partial charge in [-0.05, 0) is 69.4 Å². The van der Waals surface area contributed by atoms with Crippen LogP contribution in [0.4, 0.5) is 5.13 Å². The van der Waals surface area contributed by atoms with Crippen molar-refractivity contribution in [2.75, 3.05) is 32.0 Å². The highest BCUT2D eigenvalue weighted by Gasteiger charge is 2.57. The van der Waals surface area contributed by atoms with Crippen LogP contribution in [-0.2, 0) is 29.1 Å². The predicted octanol–water partition coefficient (Wildman–Crippen LogP) is 2.53. The van der Waals surface area contributed by atoms with Crippen molar-refractivity contribution in [3.05, 3.63) is 40.9 Å². The summed E-state index contributed by atoms with van der Waals surface area (Å²) in [5, 5.41) is 22.4. The number of nitrogens with zero attached hydrogens (tertiary/aromatic N) is 4. The van der Waals surface area contributed by atoms with Gasteiger partial charge in [0, 0.05) is 30.6 Å². The number of nitrogens with one attached hydrogen (secondary N) is 2. The second-order valence-electron chi connectivity index (χ2n) is 11.1. The number of carbonyl (C=O) groups excluding carboxylic acids is 2.